The summed E-state index contributed by atoms with van der Waals surface area (Å²) in [7, 11) is 0. The average molecular weight is 375 g/mol. The zero-order valence-electron chi connectivity index (χ0n) is 15.0. The summed E-state index contributed by atoms with van der Waals surface area (Å²) in [6.07, 6.45) is 1.52. The van der Waals surface area contributed by atoms with Crippen LogP contribution in [0.15, 0.2) is 42.5 Å². The zero-order valence-corrected chi connectivity index (χ0v) is 15.0. The van der Waals surface area contributed by atoms with E-state index in [1.165, 1.54) is 0 Å². The van der Waals surface area contributed by atoms with Crippen molar-refractivity contribution < 1.29 is 23.4 Å². The van der Waals surface area contributed by atoms with Crippen LogP contribution in [-0.4, -0.2) is 42.1 Å². The summed E-state index contributed by atoms with van der Waals surface area (Å²) < 4.78 is 32.7. The molecule has 0 unspecified atom stereocenters. The van der Waals surface area contributed by atoms with Crippen LogP contribution < -0.4 is 4.74 Å². The van der Waals surface area contributed by atoms with Gasteiger partial charge in [-0.3, -0.25) is 9.69 Å². The molecule has 1 N–H and O–H groups in total. The Hall–Kier alpha value is -2.31. The Kier molecular flexibility index (Phi) is 6.53. The maximum atomic E-state index is 13.9. The van der Waals surface area contributed by atoms with E-state index in [9.17, 15) is 13.6 Å². The third-order valence-electron chi connectivity index (χ3n) is 4.76. The fourth-order valence-corrected chi connectivity index (χ4v) is 3.43. The fraction of sp³-hybridized carbons (Fsp3) is 0.381. The normalized spacial score (nSPS) is 17.7. The highest BCUT2D eigenvalue weighted by molar-refractivity contribution is 5.98. The molecule has 1 aliphatic rings. The van der Waals surface area contributed by atoms with Gasteiger partial charge >= 0.3 is 0 Å². The van der Waals surface area contributed by atoms with Crippen molar-refractivity contribution in [2.75, 3.05) is 26.3 Å². The predicted octanol–water partition coefficient (Wildman–Crippen LogP) is 3.43. The highest BCUT2D eigenvalue weighted by Crippen LogP contribution is 2.24. The van der Waals surface area contributed by atoms with Crippen LogP contribution in [-0.2, 0) is 6.54 Å². The Bertz CT molecular complexity index is 779. The van der Waals surface area contributed by atoms with Crippen LogP contribution in [0, 0.1) is 17.6 Å². The summed E-state index contributed by atoms with van der Waals surface area (Å²) >= 11 is 0. The van der Waals surface area contributed by atoms with Crippen LogP contribution >= 0.6 is 0 Å². The van der Waals surface area contributed by atoms with Crippen LogP contribution in [0.4, 0.5) is 8.78 Å². The maximum Gasteiger partial charge on any atom is 0.170 e. The van der Waals surface area contributed by atoms with Gasteiger partial charge in [0.2, 0.25) is 0 Å². The van der Waals surface area contributed by atoms with Crippen molar-refractivity contribution in [1.29, 1.82) is 0 Å². The SMILES string of the molecule is O=C(c1cc(F)ccc1F)[C@@H]1CCCN(Cc2ccc(OCCO)cc2)C1. The molecule has 0 radical (unpaired) electrons. The summed E-state index contributed by atoms with van der Waals surface area (Å²) in [5, 5.41) is 8.78. The van der Waals surface area contributed by atoms with Gasteiger partial charge in [-0.15, -0.1) is 0 Å². The molecule has 0 amide bonds. The first-order valence-electron chi connectivity index (χ1n) is 9.11. The number of carbonyl (C=O) groups excluding carboxylic acids is 1. The number of ketones is 1. The Morgan fingerprint density at radius 2 is 1.96 bits per heavy atom. The van der Waals surface area contributed by atoms with Crippen LogP contribution in [0.3, 0.4) is 0 Å². The lowest BCUT2D eigenvalue weighted by molar-refractivity contribution is 0.0807. The number of Topliss-reactive ketones (excluding diaryl/α,β-unsaturated/α-hetero) is 1. The summed E-state index contributed by atoms with van der Waals surface area (Å²) in [5.74, 6) is -1.24. The summed E-state index contributed by atoms with van der Waals surface area (Å²) in [6, 6.07) is 10.6. The van der Waals surface area contributed by atoms with E-state index in [0.29, 0.717) is 25.3 Å². The lowest BCUT2D eigenvalue weighted by Gasteiger charge is -2.32. The van der Waals surface area contributed by atoms with Crippen LogP contribution in [0.1, 0.15) is 28.8 Å². The zero-order chi connectivity index (χ0) is 19.2. The second-order valence-corrected chi connectivity index (χ2v) is 6.78. The third kappa shape index (κ3) is 5.11. The monoisotopic (exact) mass is 375 g/mol. The average Bonchev–Trinajstić information content (AvgIpc) is 2.69. The van der Waals surface area contributed by atoms with Gasteiger partial charge in [0.15, 0.2) is 5.78 Å². The summed E-state index contributed by atoms with van der Waals surface area (Å²) in [4.78, 5) is 14.8. The molecular formula is C21H23F2NO3. The van der Waals surface area contributed by atoms with Gasteiger partial charge < -0.3 is 9.84 Å². The van der Waals surface area contributed by atoms with Crippen molar-refractivity contribution >= 4 is 5.78 Å². The van der Waals surface area contributed by atoms with E-state index >= 15 is 0 Å². The smallest absolute Gasteiger partial charge is 0.170 e. The lowest BCUT2D eigenvalue weighted by Crippen LogP contribution is -2.38. The number of aliphatic hydroxyl groups excluding tert-OH is 1. The number of nitrogens with zero attached hydrogens (tertiary/aromatic N) is 1. The van der Waals surface area contributed by atoms with Gasteiger partial charge in [-0.05, 0) is 55.3 Å². The first kappa shape index (κ1) is 19.5. The topological polar surface area (TPSA) is 49.8 Å². The second kappa shape index (κ2) is 9.06. The van der Waals surface area contributed by atoms with E-state index in [4.69, 9.17) is 9.84 Å². The summed E-state index contributed by atoms with van der Waals surface area (Å²) in [6.45, 7) is 2.29. The minimum Gasteiger partial charge on any atom is -0.491 e. The number of aliphatic hydroxyl groups is 1. The molecule has 1 atom stereocenters. The number of benzene rings is 2. The van der Waals surface area contributed by atoms with Gasteiger partial charge in [0.25, 0.3) is 0 Å². The van der Waals surface area contributed by atoms with Crippen molar-refractivity contribution in [2.45, 2.75) is 19.4 Å². The Balaban J connectivity index is 1.62. The molecule has 144 valence electrons. The number of carbonyl (C=O) groups is 1. The number of hydrogen-bond acceptors (Lipinski definition) is 4. The number of hydrogen-bond donors (Lipinski definition) is 1. The van der Waals surface area contributed by atoms with Crippen molar-refractivity contribution in [3.63, 3.8) is 0 Å². The molecule has 3 rings (SSSR count). The van der Waals surface area contributed by atoms with Crippen molar-refractivity contribution in [3.8, 4) is 5.75 Å². The number of likely N-dealkylation sites (tertiary alicyclic amines) is 1. The minimum absolute atomic E-state index is 0.0309. The Morgan fingerprint density at radius 1 is 1.19 bits per heavy atom. The standard InChI is InChI=1S/C21H23F2NO3/c22-17-5-8-20(23)19(12-17)21(26)16-2-1-9-24(14-16)13-15-3-6-18(7-4-15)27-11-10-25/h3-8,12,16,25H,1-2,9-11,13-14H2/t16-/m1/s1. The molecule has 0 spiro atoms. The van der Waals surface area contributed by atoms with E-state index in [-0.39, 0.29) is 30.5 Å². The van der Waals surface area contributed by atoms with Gasteiger partial charge in [0, 0.05) is 19.0 Å². The van der Waals surface area contributed by atoms with Gasteiger partial charge in [-0.2, -0.15) is 0 Å². The number of piperidine rings is 1. The Labute approximate surface area is 157 Å². The highest BCUT2D eigenvalue weighted by atomic mass is 19.1. The molecule has 1 fully saturated rings. The number of ether oxygens (including phenoxy) is 1. The molecule has 2 aromatic carbocycles. The molecule has 0 aromatic heterocycles. The van der Waals surface area contributed by atoms with Crippen molar-refractivity contribution in [2.24, 2.45) is 5.92 Å². The molecular weight excluding hydrogens is 352 g/mol. The molecule has 4 nitrogen and oxygen atoms in total. The molecule has 6 heteroatoms. The van der Waals surface area contributed by atoms with Crippen molar-refractivity contribution in [3.05, 3.63) is 65.2 Å². The van der Waals surface area contributed by atoms with E-state index in [1.54, 1.807) is 0 Å². The summed E-state index contributed by atoms with van der Waals surface area (Å²) in [5.41, 5.74) is 0.920. The molecule has 1 heterocycles. The number of rotatable bonds is 7. The van der Waals surface area contributed by atoms with Gasteiger partial charge in [0.05, 0.1) is 12.2 Å². The van der Waals surface area contributed by atoms with Crippen LogP contribution in [0.25, 0.3) is 0 Å². The van der Waals surface area contributed by atoms with Gasteiger partial charge in [-0.1, -0.05) is 12.1 Å². The largest absolute Gasteiger partial charge is 0.491 e. The first-order chi connectivity index (χ1) is 13.1. The third-order valence-corrected chi connectivity index (χ3v) is 4.76. The van der Waals surface area contributed by atoms with Gasteiger partial charge in [-0.25, -0.2) is 8.78 Å². The molecule has 0 saturated carbocycles. The van der Waals surface area contributed by atoms with E-state index < -0.39 is 11.6 Å². The second-order valence-electron chi connectivity index (χ2n) is 6.78. The van der Waals surface area contributed by atoms with Crippen LogP contribution in [0.2, 0.25) is 0 Å². The van der Waals surface area contributed by atoms with Crippen molar-refractivity contribution in [1.82, 2.24) is 4.90 Å². The van der Waals surface area contributed by atoms with Gasteiger partial charge in [0.1, 0.15) is 24.0 Å². The van der Waals surface area contributed by atoms with E-state index in [0.717, 1.165) is 36.7 Å². The highest BCUT2D eigenvalue weighted by Gasteiger charge is 2.28. The first-order valence-corrected chi connectivity index (χ1v) is 9.11. The molecule has 27 heavy (non-hydrogen) atoms. The lowest BCUT2D eigenvalue weighted by atomic mass is 9.89. The molecule has 0 bridgehead atoms. The predicted molar refractivity (Wildman–Crippen MR) is 97.7 cm³/mol. The maximum absolute atomic E-state index is 13.9. The minimum atomic E-state index is -0.669. The molecule has 0 aliphatic carbocycles. The quantitative estimate of drug-likeness (QED) is 0.754. The van der Waals surface area contributed by atoms with E-state index in [1.807, 2.05) is 24.3 Å². The fourth-order valence-electron chi connectivity index (χ4n) is 3.43. The number of halogens is 2. The molecule has 1 saturated heterocycles. The molecule has 1 aliphatic heterocycles. The van der Waals surface area contributed by atoms with E-state index in [2.05, 4.69) is 4.90 Å². The van der Waals surface area contributed by atoms with Crippen LogP contribution in [0.5, 0.6) is 5.75 Å². The Morgan fingerprint density at radius 3 is 2.70 bits per heavy atom. The molecule has 2 aromatic rings.